The summed E-state index contributed by atoms with van der Waals surface area (Å²) in [4.78, 5) is 12.0. The van der Waals surface area contributed by atoms with E-state index < -0.39 is 90.9 Å². The number of hydrogen-bond acceptors (Lipinski definition) is 14. The zero-order valence-corrected chi connectivity index (χ0v) is 32.9. The molecule has 8 aliphatic rings. The van der Waals surface area contributed by atoms with Crippen LogP contribution in [0.15, 0.2) is 11.6 Å². The molecule has 4 heterocycles. The maximum atomic E-state index is 12.6. The number of fused-ring (bicyclic) bond motifs is 5. The van der Waals surface area contributed by atoms with E-state index in [9.17, 15) is 35.4 Å². The third-order valence-electron chi connectivity index (χ3n) is 15.8. The first-order valence-electron chi connectivity index (χ1n) is 20.9. The van der Waals surface area contributed by atoms with E-state index in [1.54, 1.807) is 13.8 Å². The zero-order valence-electron chi connectivity index (χ0n) is 32.9. The molecule has 55 heavy (non-hydrogen) atoms. The Morgan fingerprint density at radius 1 is 0.691 bits per heavy atom. The van der Waals surface area contributed by atoms with Gasteiger partial charge < -0.3 is 63.8 Å². The summed E-state index contributed by atoms with van der Waals surface area (Å²) >= 11 is 0. The van der Waals surface area contributed by atoms with Crippen LogP contribution in [0.3, 0.4) is 0 Å². The first-order valence-corrected chi connectivity index (χ1v) is 20.9. The Kier molecular flexibility index (Phi) is 11.1. The first-order chi connectivity index (χ1) is 26.0. The van der Waals surface area contributed by atoms with Crippen LogP contribution >= 0.6 is 0 Å². The van der Waals surface area contributed by atoms with Crippen molar-refractivity contribution in [3.63, 3.8) is 0 Å². The Labute approximate surface area is 323 Å². The number of ether oxygens (including phenoxy) is 7. The average molecular weight is 781 g/mol. The standard InChI is InChI=1S/C41H64O14/c1-19-36(47)27(42)14-33(50-19)54-38-21(3)52-34(16-29(38)44)55-37-20(2)51-32(15-28(37)43)53-24-8-10-39(4)23(13-24)6-7-26-25(39)9-11-40(5)35(22-12-31(46)49-18-22)30(45)17-41(26,40)48/h12,19-21,23-30,32-38,42-45,47-48H,6-11,13-18H2,1-5H3/t19-,20-,21-,23+,24+,25-,26+,27-,28-,29-,30-,32-,33+,34-,35-,36+,37+,38+,39+,40-,41+/m1/s1. The highest BCUT2D eigenvalue weighted by atomic mass is 16.7. The van der Waals surface area contributed by atoms with Gasteiger partial charge in [-0.1, -0.05) is 13.8 Å². The molecule has 0 aromatic rings. The summed E-state index contributed by atoms with van der Waals surface area (Å²) in [7, 11) is 0. The molecular formula is C41H64O14. The van der Waals surface area contributed by atoms with E-state index in [1.807, 2.05) is 6.92 Å². The predicted molar refractivity (Wildman–Crippen MR) is 193 cm³/mol. The normalized spacial score (nSPS) is 55.5. The van der Waals surface area contributed by atoms with Crippen molar-refractivity contribution in [2.24, 2.45) is 34.5 Å². The fourth-order valence-corrected chi connectivity index (χ4v) is 12.9. The van der Waals surface area contributed by atoms with E-state index in [0.717, 1.165) is 50.5 Å². The van der Waals surface area contributed by atoms with E-state index >= 15 is 0 Å². The lowest BCUT2D eigenvalue weighted by molar-refractivity contribution is -0.336. The Hall–Kier alpha value is -1.27. The molecule has 4 saturated carbocycles. The maximum Gasteiger partial charge on any atom is 0.331 e. The second-order valence-corrected chi connectivity index (χ2v) is 18.9. The van der Waals surface area contributed by atoms with Crippen LogP contribution in [0.4, 0.5) is 0 Å². The van der Waals surface area contributed by atoms with Crippen LogP contribution in [0.1, 0.15) is 105 Å². The minimum atomic E-state index is -1.01. The number of aliphatic hydroxyl groups is 6. The molecule has 0 bridgehead atoms. The monoisotopic (exact) mass is 780 g/mol. The summed E-state index contributed by atoms with van der Waals surface area (Å²) in [6.45, 7) is 9.98. The van der Waals surface area contributed by atoms with Gasteiger partial charge in [0, 0.05) is 43.1 Å². The molecule has 8 rings (SSSR count). The number of hydrogen-bond donors (Lipinski definition) is 6. The third-order valence-corrected chi connectivity index (χ3v) is 15.8. The molecule has 0 unspecified atom stereocenters. The number of rotatable bonds is 7. The highest BCUT2D eigenvalue weighted by Crippen LogP contribution is 2.70. The largest absolute Gasteiger partial charge is 0.458 e. The molecule has 6 N–H and O–H groups in total. The van der Waals surface area contributed by atoms with Crippen LogP contribution in [0.2, 0.25) is 0 Å². The van der Waals surface area contributed by atoms with E-state index in [2.05, 4.69) is 13.8 Å². The molecule has 4 aliphatic carbocycles. The average Bonchev–Trinajstić information content (AvgIpc) is 3.62. The SMILES string of the molecule is C[C@H]1O[C@@H](O[C@@H]2[C@H](O)C[C@@H](O[C@@H]3[C@H](O)C[C@@H](O[C@H]4CC[C@@]5(C)[C@@H](CC[C@H]6[C@H]5CC[C@]5(C)[C@H](C7=CC(=O)OC7)[C@H](O)C[C@]65O)C4)O[C@@H]3C)O[C@@H]2C)C[C@@H](O)[C@H]1O. The van der Waals surface area contributed by atoms with Crippen molar-refractivity contribution in [2.45, 2.75) is 197 Å². The minimum absolute atomic E-state index is 0.0203. The molecule has 14 heteroatoms. The second-order valence-electron chi connectivity index (χ2n) is 18.9. The van der Waals surface area contributed by atoms with Crippen molar-refractivity contribution in [3.8, 4) is 0 Å². The molecule has 0 radical (unpaired) electrons. The van der Waals surface area contributed by atoms with Crippen molar-refractivity contribution >= 4 is 5.97 Å². The third kappa shape index (κ3) is 7.05. The number of aliphatic hydroxyl groups excluding tert-OH is 5. The maximum absolute atomic E-state index is 12.6. The summed E-state index contributed by atoms with van der Waals surface area (Å²) in [6, 6.07) is 0. The number of cyclic esters (lactones) is 1. The van der Waals surface area contributed by atoms with Gasteiger partial charge in [0.2, 0.25) is 0 Å². The summed E-state index contributed by atoms with van der Waals surface area (Å²) in [6.07, 6.45) is -1.26. The fraction of sp³-hybridized carbons (Fsp3) is 0.927. The van der Waals surface area contributed by atoms with E-state index in [0.29, 0.717) is 18.3 Å². The topological polar surface area (TPSA) is 203 Å². The van der Waals surface area contributed by atoms with Gasteiger partial charge >= 0.3 is 5.97 Å². The van der Waals surface area contributed by atoms with Crippen molar-refractivity contribution in [3.05, 3.63) is 11.6 Å². The highest BCUT2D eigenvalue weighted by molar-refractivity contribution is 5.85. The van der Waals surface area contributed by atoms with Crippen LogP contribution < -0.4 is 0 Å². The van der Waals surface area contributed by atoms with Gasteiger partial charge in [-0.05, 0) is 94.5 Å². The van der Waals surface area contributed by atoms with Crippen molar-refractivity contribution in [1.82, 2.24) is 0 Å². The van der Waals surface area contributed by atoms with Gasteiger partial charge in [0.1, 0.15) is 24.9 Å². The van der Waals surface area contributed by atoms with E-state index in [-0.39, 0.29) is 55.2 Å². The fourth-order valence-electron chi connectivity index (χ4n) is 12.9. The van der Waals surface area contributed by atoms with Gasteiger partial charge in [-0.25, -0.2) is 4.79 Å². The summed E-state index contributed by atoms with van der Waals surface area (Å²) in [5.41, 5.74) is -0.686. The number of esters is 1. The molecule has 7 fully saturated rings. The highest BCUT2D eigenvalue weighted by Gasteiger charge is 2.70. The zero-order chi connectivity index (χ0) is 39.2. The lowest BCUT2D eigenvalue weighted by Crippen LogP contribution is -2.62. The molecule has 3 saturated heterocycles. The van der Waals surface area contributed by atoms with Gasteiger partial charge in [-0.2, -0.15) is 0 Å². The van der Waals surface area contributed by atoms with E-state index in [4.69, 9.17) is 33.2 Å². The summed E-state index contributed by atoms with van der Waals surface area (Å²) in [5, 5.41) is 66.3. The quantitative estimate of drug-likeness (QED) is 0.162. The molecule has 21 atom stereocenters. The molecular weight excluding hydrogens is 716 g/mol. The Morgan fingerprint density at radius 3 is 1.87 bits per heavy atom. The molecule has 0 spiro atoms. The van der Waals surface area contributed by atoms with Crippen LogP contribution in [0, 0.1) is 34.5 Å². The van der Waals surface area contributed by atoms with Gasteiger partial charge in [0.15, 0.2) is 18.9 Å². The van der Waals surface area contributed by atoms with Crippen LogP contribution in [-0.4, -0.2) is 135 Å². The molecule has 312 valence electrons. The van der Waals surface area contributed by atoms with Gasteiger partial charge in [-0.15, -0.1) is 0 Å². The number of carbonyl (C=O) groups is 1. The lowest BCUT2D eigenvalue weighted by atomic mass is 9.43. The predicted octanol–water partition coefficient (Wildman–Crippen LogP) is 2.22. The molecule has 4 aliphatic heterocycles. The Balaban J connectivity index is 0.834. The smallest absolute Gasteiger partial charge is 0.331 e. The van der Waals surface area contributed by atoms with Crippen molar-refractivity contribution < 1.29 is 68.6 Å². The molecule has 0 amide bonds. The van der Waals surface area contributed by atoms with Crippen molar-refractivity contribution in [1.29, 1.82) is 0 Å². The lowest BCUT2D eigenvalue weighted by Gasteiger charge is -2.63. The van der Waals surface area contributed by atoms with E-state index in [1.165, 1.54) is 6.08 Å². The molecule has 0 aromatic heterocycles. The summed E-state index contributed by atoms with van der Waals surface area (Å²) in [5.74, 6) is 0.174. The second kappa shape index (κ2) is 15.1. The Morgan fingerprint density at radius 2 is 1.29 bits per heavy atom. The number of carbonyl (C=O) groups excluding carboxylic acids is 1. The van der Waals surface area contributed by atoms with Crippen LogP contribution in [0.5, 0.6) is 0 Å². The minimum Gasteiger partial charge on any atom is -0.458 e. The van der Waals surface area contributed by atoms with Crippen LogP contribution in [0.25, 0.3) is 0 Å². The van der Waals surface area contributed by atoms with Gasteiger partial charge in [0.05, 0.1) is 54.4 Å². The van der Waals surface area contributed by atoms with Gasteiger partial charge in [-0.3, -0.25) is 0 Å². The summed E-state index contributed by atoms with van der Waals surface area (Å²) < 4.78 is 42.1. The van der Waals surface area contributed by atoms with Crippen molar-refractivity contribution in [2.75, 3.05) is 6.61 Å². The molecule has 0 aromatic carbocycles. The molecule has 14 nitrogen and oxygen atoms in total. The Bertz CT molecular complexity index is 1410. The van der Waals surface area contributed by atoms with Gasteiger partial charge in [0.25, 0.3) is 0 Å². The first kappa shape index (κ1) is 40.5. The van der Waals surface area contributed by atoms with Crippen LogP contribution in [-0.2, 0) is 38.0 Å².